The van der Waals surface area contributed by atoms with Crippen molar-refractivity contribution in [2.75, 3.05) is 18.9 Å². The van der Waals surface area contributed by atoms with Crippen molar-refractivity contribution in [3.8, 4) is 0 Å². The van der Waals surface area contributed by atoms with Gasteiger partial charge in [0.15, 0.2) is 5.96 Å². The van der Waals surface area contributed by atoms with Crippen LogP contribution in [0.3, 0.4) is 0 Å². The molecular weight excluding hydrogens is 350 g/mol. The van der Waals surface area contributed by atoms with Crippen molar-refractivity contribution in [3.05, 3.63) is 65.9 Å². The smallest absolute Gasteiger partial charge is 0.296 e. The highest BCUT2D eigenvalue weighted by Crippen LogP contribution is 2.20. The Morgan fingerprint density at radius 3 is 2.65 bits per heavy atom. The average molecular weight is 372 g/mol. The summed E-state index contributed by atoms with van der Waals surface area (Å²) >= 11 is 0. The molecule has 3 rings (SSSR count). The first kappa shape index (κ1) is 19.3. The fraction of sp³-hybridized carbons (Fsp3) is 0.158. The van der Waals surface area contributed by atoms with Crippen molar-refractivity contribution in [3.63, 3.8) is 0 Å². The first-order valence-electron chi connectivity index (χ1n) is 8.12. The second kappa shape index (κ2) is 8.92. The van der Waals surface area contributed by atoms with Crippen LogP contribution in [-0.2, 0) is 6.42 Å². The third-order valence-electron chi connectivity index (χ3n) is 3.92. The first-order chi connectivity index (χ1) is 12.2. The van der Waals surface area contributed by atoms with Gasteiger partial charge in [-0.15, -0.1) is 12.4 Å². The van der Waals surface area contributed by atoms with E-state index in [1.807, 2.05) is 36.4 Å². The van der Waals surface area contributed by atoms with E-state index < -0.39 is 5.91 Å². The Labute approximate surface area is 158 Å². The van der Waals surface area contributed by atoms with Gasteiger partial charge in [-0.1, -0.05) is 36.4 Å². The molecule has 6 nitrogen and oxygen atoms in total. The van der Waals surface area contributed by atoms with Gasteiger partial charge in [-0.3, -0.25) is 4.79 Å². The predicted molar refractivity (Wildman–Crippen MR) is 109 cm³/mol. The molecule has 1 heterocycles. The maximum absolute atomic E-state index is 12.0. The van der Waals surface area contributed by atoms with E-state index in [1.165, 1.54) is 5.56 Å². The van der Waals surface area contributed by atoms with Crippen LogP contribution in [0, 0.1) is 0 Å². The number of anilines is 1. The number of aliphatic imine (C=N–C) groups is 1. The second-order valence-corrected chi connectivity index (χ2v) is 5.70. The quantitative estimate of drug-likeness (QED) is 0.409. The zero-order chi connectivity index (χ0) is 17.6. The zero-order valence-corrected chi connectivity index (χ0v) is 15.3. The van der Waals surface area contributed by atoms with Gasteiger partial charge in [0.25, 0.3) is 5.91 Å². The van der Waals surface area contributed by atoms with Crippen molar-refractivity contribution >= 4 is 40.9 Å². The van der Waals surface area contributed by atoms with Crippen molar-refractivity contribution in [2.45, 2.75) is 6.42 Å². The standard InChI is InChI=1S/C19H21N5O.ClH/c1-21-19(20)24-18(25)17-11-14-7-8-15(12-16(14)23-17)22-10-9-13-5-3-2-4-6-13;/h2-8,11-12,22-23H,9-10H2,1H3,(H3,20,21,24,25);1H. The number of amides is 1. The molecular formula is C19H22ClN5O. The van der Waals surface area contributed by atoms with E-state index in [9.17, 15) is 4.79 Å². The maximum Gasteiger partial charge on any atom is 0.296 e. The maximum atomic E-state index is 12.0. The minimum absolute atomic E-state index is 0. The van der Waals surface area contributed by atoms with E-state index in [4.69, 9.17) is 5.73 Å². The van der Waals surface area contributed by atoms with Gasteiger partial charge in [0.1, 0.15) is 5.69 Å². The van der Waals surface area contributed by atoms with Gasteiger partial charge in [-0.05, 0) is 30.2 Å². The molecule has 1 aromatic heterocycles. The van der Waals surface area contributed by atoms with E-state index >= 15 is 0 Å². The minimum atomic E-state index is -0.401. The summed E-state index contributed by atoms with van der Waals surface area (Å²) in [6.07, 6.45) is 0.950. The topological polar surface area (TPSA) is 95.3 Å². The van der Waals surface area contributed by atoms with Crippen molar-refractivity contribution < 1.29 is 4.79 Å². The van der Waals surface area contributed by atoms with Crippen LogP contribution in [0.5, 0.6) is 0 Å². The highest BCUT2D eigenvalue weighted by atomic mass is 35.5. The highest BCUT2D eigenvalue weighted by Gasteiger charge is 2.09. The highest BCUT2D eigenvalue weighted by molar-refractivity contribution is 6.04. The average Bonchev–Trinajstić information content (AvgIpc) is 3.06. The lowest BCUT2D eigenvalue weighted by molar-refractivity contribution is 0.0998. The fourth-order valence-corrected chi connectivity index (χ4v) is 2.57. The van der Waals surface area contributed by atoms with Gasteiger partial charge in [-0.2, -0.15) is 4.99 Å². The monoisotopic (exact) mass is 371 g/mol. The summed E-state index contributed by atoms with van der Waals surface area (Å²) in [7, 11) is 1.62. The summed E-state index contributed by atoms with van der Waals surface area (Å²) in [6, 6.07) is 18.1. The van der Waals surface area contributed by atoms with Crippen LogP contribution in [0.2, 0.25) is 0 Å². The molecule has 0 spiro atoms. The Morgan fingerprint density at radius 2 is 1.92 bits per heavy atom. The number of hydrogen-bond donors (Lipinski definition) is 4. The number of halogens is 1. The number of aromatic amines is 1. The second-order valence-electron chi connectivity index (χ2n) is 5.70. The number of nitrogens with two attached hydrogens (primary N) is 1. The molecule has 0 bridgehead atoms. The lowest BCUT2D eigenvalue weighted by Gasteiger charge is -2.06. The Kier molecular flexibility index (Phi) is 6.63. The summed E-state index contributed by atoms with van der Waals surface area (Å²) in [4.78, 5) is 18.9. The number of H-pyrrole nitrogens is 1. The van der Waals surface area contributed by atoms with Gasteiger partial charge in [-0.25, -0.2) is 0 Å². The summed E-state index contributed by atoms with van der Waals surface area (Å²) in [5.41, 5.74) is 9.12. The molecule has 0 atom stereocenters. The molecule has 136 valence electrons. The number of aromatic nitrogens is 1. The zero-order valence-electron chi connectivity index (χ0n) is 14.5. The molecule has 7 heteroatoms. The first-order valence-corrected chi connectivity index (χ1v) is 8.12. The molecule has 1 amide bonds. The number of nitrogens with zero attached hydrogens (tertiary/aromatic N) is 1. The molecule has 0 saturated carbocycles. The number of benzene rings is 2. The Balaban J connectivity index is 0.00000243. The van der Waals surface area contributed by atoms with E-state index in [0.717, 1.165) is 29.6 Å². The largest absolute Gasteiger partial charge is 0.385 e. The van der Waals surface area contributed by atoms with Crippen molar-refractivity contribution in [1.29, 1.82) is 0 Å². The van der Waals surface area contributed by atoms with Gasteiger partial charge in [0, 0.05) is 30.2 Å². The lowest BCUT2D eigenvalue weighted by atomic mass is 10.1. The predicted octanol–water partition coefficient (Wildman–Crippen LogP) is 2.92. The molecule has 2 aromatic carbocycles. The molecule has 0 aliphatic carbocycles. The minimum Gasteiger partial charge on any atom is -0.385 e. The Hall–Kier alpha value is -2.99. The third kappa shape index (κ3) is 4.77. The van der Waals surface area contributed by atoms with Crippen LogP contribution in [0.25, 0.3) is 10.9 Å². The molecule has 5 N–H and O–H groups in total. The van der Waals surface area contributed by atoms with Crippen LogP contribution >= 0.6 is 12.4 Å². The summed E-state index contributed by atoms with van der Waals surface area (Å²) in [6.45, 7) is 0.838. The van der Waals surface area contributed by atoms with Crippen molar-refractivity contribution in [2.24, 2.45) is 10.7 Å². The fourth-order valence-electron chi connectivity index (χ4n) is 2.57. The number of nitrogens with one attached hydrogen (secondary N) is 3. The van der Waals surface area contributed by atoms with Crippen LogP contribution in [0.15, 0.2) is 59.6 Å². The number of rotatable bonds is 5. The molecule has 0 unspecified atom stereocenters. The number of guanidine groups is 1. The van der Waals surface area contributed by atoms with Gasteiger partial charge >= 0.3 is 0 Å². The summed E-state index contributed by atoms with van der Waals surface area (Å²) in [5, 5.41) is 6.98. The van der Waals surface area contributed by atoms with Crippen LogP contribution in [0.4, 0.5) is 5.69 Å². The number of hydrogen-bond acceptors (Lipinski definition) is 2. The molecule has 3 aromatic rings. The van der Waals surface area contributed by atoms with Crippen LogP contribution in [-0.4, -0.2) is 30.4 Å². The van der Waals surface area contributed by atoms with Gasteiger partial charge in [0.2, 0.25) is 0 Å². The number of carbonyl (C=O) groups is 1. The summed E-state index contributed by atoms with van der Waals surface area (Å²) in [5.74, 6) is -0.312. The Bertz CT molecular complexity index is 905. The molecule has 0 saturated heterocycles. The van der Waals surface area contributed by atoms with E-state index in [2.05, 4.69) is 32.7 Å². The molecule has 0 radical (unpaired) electrons. The molecule has 26 heavy (non-hydrogen) atoms. The molecule has 0 aliphatic rings. The van der Waals surface area contributed by atoms with E-state index in [1.54, 1.807) is 13.1 Å². The van der Waals surface area contributed by atoms with E-state index in [0.29, 0.717) is 5.69 Å². The SMILES string of the molecule is CNC(N)=NC(=O)c1cc2ccc(NCCc3ccccc3)cc2[nH]1.Cl. The van der Waals surface area contributed by atoms with Gasteiger partial charge < -0.3 is 21.4 Å². The Morgan fingerprint density at radius 1 is 1.15 bits per heavy atom. The lowest BCUT2D eigenvalue weighted by Crippen LogP contribution is -2.28. The molecule has 0 aliphatic heterocycles. The van der Waals surface area contributed by atoms with Crippen LogP contribution < -0.4 is 16.4 Å². The van der Waals surface area contributed by atoms with Gasteiger partial charge in [0.05, 0.1) is 0 Å². The van der Waals surface area contributed by atoms with Crippen LogP contribution in [0.1, 0.15) is 16.1 Å². The van der Waals surface area contributed by atoms with E-state index in [-0.39, 0.29) is 18.4 Å². The summed E-state index contributed by atoms with van der Waals surface area (Å²) < 4.78 is 0. The normalized spacial score (nSPS) is 11.0. The van der Waals surface area contributed by atoms with Crippen molar-refractivity contribution in [1.82, 2.24) is 10.3 Å². The number of carbonyl (C=O) groups excluding carboxylic acids is 1. The third-order valence-corrected chi connectivity index (χ3v) is 3.92. The molecule has 0 fully saturated rings. The number of fused-ring (bicyclic) bond motifs is 1.